The molecule has 1 amide bonds. The summed E-state index contributed by atoms with van der Waals surface area (Å²) >= 11 is 0. The molecule has 6 nitrogen and oxygen atoms in total. The van der Waals surface area contributed by atoms with Crippen LogP contribution in [0.4, 0.5) is 0 Å². The molecule has 1 saturated heterocycles. The second kappa shape index (κ2) is 7.33. The molecule has 1 aromatic carbocycles. The number of rotatable bonds is 4. The predicted molar refractivity (Wildman–Crippen MR) is 98.4 cm³/mol. The molecule has 1 atom stereocenters. The normalized spacial score (nSPS) is 18.8. The van der Waals surface area contributed by atoms with Gasteiger partial charge in [0.25, 0.3) is 0 Å². The fourth-order valence-electron chi connectivity index (χ4n) is 3.09. The van der Waals surface area contributed by atoms with Gasteiger partial charge in [-0.15, -0.1) is 0 Å². The molecule has 1 aliphatic rings. The molecule has 132 valence electrons. The van der Waals surface area contributed by atoms with Crippen LogP contribution in [0.5, 0.6) is 0 Å². The van der Waals surface area contributed by atoms with Crippen molar-refractivity contribution in [3.05, 3.63) is 48.2 Å². The molecule has 0 spiro atoms. The largest absolute Gasteiger partial charge is 0.338 e. The van der Waals surface area contributed by atoms with E-state index in [2.05, 4.69) is 9.71 Å². The van der Waals surface area contributed by atoms with Gasteiger partial charge in [0.05, 0.1) is 10.8 Å². The van der Waals surface area contributed by atoms with Gasteiger partial charge in [0.1, 0.15) is 0 Å². The number of nitrogens with zero attached hydrogens (tertiary/aromatic N) is 2. The number of amides is 1. The summed E-state index contributed by atoms with van der Waals surface area (Å²) in [6.45, 7) is 0.798. The van der Waals surface area contributed by atoms with Gasteiger partial charge in [-0.3, -0.25) is 9.78 Å². The Balaban J connectivity index is 1.76. The van der Waals surface area contributed by atoms with E-state index in [1.54, 1.807) is 17.2 Å². The number of carbonyl (C=O) groups is 1. The molecule has 7 heteroatoms. The first kappa shape index (κ1) is 17.6. The number of nitrogens with one attached hydrogen (secondary N) is 1. The van der Waals surface area contributed by atoms with Crippen molar-refractivity contribution in [3.63, 3.8) is 0 Å². The summed E-state index contributed by atoms with van der Waals surface area (Å²) in [7, 11) is -1.96. The number of fused-ring (bicyclic) bond motifs is 1. The Hall–Kier alpha value is -2.25. The van der Waals surface area contributed by atoms with Gasteiger partial charge in [0.15, 0.2) is 0 Å². The zero-order valence-electron chi connectivity index (χ0n) is 14.1. The number of aromatic nitrogens is 1. The molecule has 0 saturated carbocycles. The van der Waals surface area contributed by atoms with E-state index in [4.69, 9.17) is 0 Å². The maximum absolute atomic E-state index is 12.5. The highest BCUT2D eigenvalue weighted by molar-refractivity contribution is 7.90. The van der Waals surface area contributed by atoms with Crippen LogP contribution >= 0.6 is 0 Å². The summed E-state index contributed by atoms with van der Waals surface area (Å²) < 4.78 is 26.3. The summed E-state index contributed by atoms with van der Waals surface area (Å²) in [5, 5.41) is 0.457. The van der Waals surface area contributed by atoms with Gasteiger partial charge in [-0.2, -0.15) is 0 Å². The van der Waals surface area contributed by atoms with Crippen LogP contribution in [0.25, 0.3) is 17.0 Å². The minimum atomic E-state index is -3.36. The van der Waals surface area contributed by atoms with Crippen molar-refractivity contribution in [3.8, 4) is 0 Å². The van der Waals surface area contributed by atoms with E-state index in [1.165, 1.54) is 13.1 Å². The molecule has 2 heterocycles. The summed E-state index contributed by atoms with van der Waals surface area (Å²) in [5.41, 5.74) is 1.70. The quantitative estimate of drug-likeness (QED) is 0.844. The van der Waals surface area contributed by atoms with E-state index in [0.717, 1.165) is 16.5 Å². The molecule has 3 rings (SSSR count). The highest BCUT2D eigenvalue weighted by Crippen LogP contribution is 2.19. The number of piperidine rings is 1. The Morgan fingerprint density at radius 3 is 2.92 bits per heavy atom. The molecule has 0 bridgehead atoms. The van der Waals surface area contributed by atoms with Crippen LogP contribution in [0.1, 0.15) is 18.4 Å². The zero-order valence-corrected chi connectivity index (χ0v) is 14.9. The highest BCUT2D eigenvalue weighted by Gasteiger charge is 2.31. The average molecular weight is 359 g/mol. The van der Waals surface area contributed by atoms with Crippen LogP contribution in [0.3, 0.4) is 0 Å². The van der Waals surface area contributed by atoms with Gasteiger partial charge in [0, 0.05) is 36.3 Å². The molecule has 1 N–H and O–H groups in total. The molecular weight excluding hydrogens is 338 g/mol. The Kier molecular flexibility index (Phi) is 5.15. The van der Waals surface area contributed by atoms with E-state index >= 15 is 0 Å². The predicted octanol–water partition coefficient (Wildman–Crippen LogP) is 1.79. The lowest BCUT2D eigenvalue weighted by Crippen LogP contribution is -2.47. The summed E-state index contributed by atoms with van der Waals surface area (Å²) in [6, 6.07) is 9.64. The standard InChI is InChI=1S/C18H21N3O3S/c1-19-25(23,24)16-8-4-12-21(13-16)17(22)10-9-15-6-2-5-14-7-3-11-20-18(14)15/h2-3,5-7,9-11,16,19H,4,8,12-13H2,1H3/b10-9+. The average Bonchev–Trinajstić information content (AvgIpc) is 2.66. The fourth-order valence-corrected chi connectivity index (χ4v) is 4.27. The maximum atomic E-state index is 12.5. The Bertz CT molecular complexity index is 903. The van der Waals surface area contributed by atoms with E-state index in [1.807, 2.05) is 30.3 Å². The SMILES string of the molecule is CNS(=O)(=O)C1CCCN(C(=O)/C=C/c2cccc3cccnc23)C1. The monoisotopic (exact) mass is 359 g/mol. The molecule has 1 aromatic heterocycles. The number of likely N-dealkylation sites (tertiary alicyclic amines) is 1. The third kappa shape index (κ3) is 3.88. The smallest absolute Gasteiger partial charge is 0.246 e. The molecule has 2 aromatic rings. The molecule has 1 fully saturated rings. The highest BCUT2D eigenvalue weighted by atomic mass is 32.2. The van der Waals surface area contributed by atoms with Crippen LogP contribution in [0.2, 0.25) is 0 Å². The molecule has 0 aliphatic carbocycles. The molecule has 1 aliphatic heterocycles. The molecular formula is C18H21N3O3S. The van der Waals surface area contributed by atoms with Crippen molar-refractivity contribution in [1.82, 2.24) is 14.6 Å². The minimum absolute atomic E-state index is 0.177. The lowest BCUT2D eigenvalue weighted by molar-refractivity contribution is -0.126. The first-order valence-corrected chi connectivity index (χ1v) is 9.79. The van der Waals surface area contributed by atoms with Crippen molar-refractivity contribution < 1.29 is 13.2 Å². The fraction of sp³-hybridized carbons (Fsp3) is 0.333. The second-order valence-corrected chi connectivity index (χ2v) is 8.22. The van der Waals surface area contributed by atoms with Crippen LogP contribution in [-0.2, 0) is 14.8 Å². The number of para-hydroxylation sites is 1. The number of pyridine rings is 1. The van der Waals surface area contributed by atoms with E-state index in [9.17, 15) is 13.2 Å². The topological polar surface area (TPSA) is 79.4 Å². The minimum Gasteiger partial charge on any atom is -0.338 e. The number of carbonyl (C=O) groups excluding carboxylic acids is 1. The Morgan fingerprint density at radius 1 is 1.32 bits per heavy atom. The first-order chi connectivity index (χ1) is 12.0. The number of benzene rings is 1. The van der Waals surface area contributed by atoms with Gasteiger partial charge >= 0.3 is 0 Å². The summed E-state index contributed by atoms with van der Waals surface area (Å²) in [4.78, 5) is 18.4. The van der Waals surface area contributed by atoms with E-state index in [0.29, 0.717) is 19.4 Å². The maximum Gasteiger partial charge on any atom is 0.246 e. The van der Waals surface area contributed by atoms with E-state index in [-0.39, 0.29) is 12.5 Å². The Labute approximate surface area is 147 Å². The van der Waals surface area contributed by atoms with Gasteiger partial charge in [-0.25, -0.2) is 13.1 Å². The second-order valence-electron chi connectivity index (χ2n) is 6.05. The molecule has 0 radical (unpaired) electrons. The number of hydrogen-bond donors (Lipinski definition) is 1. The van der Waals surface area contributed by atoms with Gasteiger partial charge in [0.2, 0.25) is 15.9 Å². The van der Waals surface area contributed by atoms with Crippen LogP contribution < -0.4 is 4.72 Å². The lowest BCUT2D eigenvalue weighted by Gasteiger charge is -2.31. The third-order valence-corrected chi connectivity index (χ3v) is 6.31. The van der Waals surface area contributed by atoms with Crippen molar-refractivity contribution >= 4 is 32.9 Å². The van der Waals surface area contributed by atoms with Crippen LogP contribution in [0.15, 0.2) is 42.6 Å². The first-order valence-electron chi connectivity index (χ1n) is 8.24. The molecule has 25 heavy (non-hydrogen) atoms. The third-order valence-electron chi connectivity index (χ3n) is 4.48. The number of hydrogen-bond acceptors (Lipinski definition) is 4. The summed E-state index contributed by atoms with van der Waals surface area (Å²) in [6.07, 6.45) is 6.22. The van der Waals surface area contributed by atoms with Crippen molar-refractivity contribution in [2.45, 2.75) is 18.1 Å². The van der Waals surface area contributed by atoms with Crippen molar-refractivity contribution in [1.29, 1.82) is 0 Å². The van der Waals surface area contributed by atoms with Crippen molar-refractivity contribution in [2.75, 3.05) is 20.1 Å². The van der Waals surface area contributed by atoms with Gasteiger partial charge < -0.3 is 4.90 Å². The molecule has 1 unspecified atom stereocenters. The van der Waals surface area contributed by atoms with Gasteiger partial charge in [-0.05, 0) is 32.0 Å². The summed E-state index contributed by atoms with van der Waals surface area (Å²) in [5.74, 6) is -0.177. The van der Waals surface area contributed by atoms with Gasteiger partial charge in [-0.1, -0.05) is 24.3 Å². The lowest BCUT2D eigenvalue weighted by atomic mass is 10.1. The van der Waals surface area contributed by atoms with Crippen molar-refractivity contribution in [2.24, 2.45) is 0 Å². The van der Waals surface area contributed by atoms with Crippen LogP contribution in [-0.4, -0.2) is 49.6 Å². The number of sulfonamides is 1. The zero-order chi connectivity index (χ0) is 17.9. The van der Waals surface area contributed by atoms with Crippen LogP contribution in [0, 0.1) is 0 Å². The Morgan fingerprint density at radius 2 is 2.12 bits per heavy atom. The van der Waals surface area contributed by atoms with E-state index < -0.39 is 15.3 Å².